The van der Waals surface area contributed by atoms with E-state index in [1.807, 2.05) is 0 Å². The molecule has 0 aromatic heterocycles. The van der Waals surface area contributed by atoms with E-state index in [4.69, 9.17) is 0 Å². The normalized spacial score (nSPS) is 27.9. The molecule has 0 amide bonds. The van der Waals surface area contributed by atoms with Crippen LogP contribution >= 0.6 is 11.8 Å². The average Bonchev–Trinajstić information content (AvgIpc) is 2.96. The highest BCUT2D eigenvalue weighted by Gasteiger charge is 2.29. The van der Waals surface area contributed by atoms with Gasteiger partial charge < -0.3 is 10.2 Å². The van der Waals surface area contributed by atoms with Crippen LogP contribution in [0.2, 0.25) is 0 Å². The molecule has 1 aromatic rings. The Bertz CT molecular complexity index is 401. The largest absolute Gasteiger partial charge is 0.371 e. The summed E-state index contributed by atoms with van der Waals surface area (Å²) in [5, 5.41) is 4.79. The first-order valence-electron chi connectivity index (χ1n) is 7.95. The van der Waals surface area contributed by atoms with Crippen LogP contribution in [0.5, 0.6) is 0 Å². The maximum Gasteiger partial charge on any atom is 0.0366 e. The lowest BCUT2D eigenvalue weighted by atomic mass is 10.0. The molecule has 3 rings (SSSR count). The summed E-state index contributed by atoms with van der Waals surface area (Å²) in [6, 6.07) is 12.3. The van der Waals surface area contributed by atoms with Gasteiger partial charge in [0, 0.05) is 36.1 Å². The van der Waals surface area contributed by atoms with Gasteiger partial charge in [-0.15, -0.1) is 0 Å². The fourth-order valence-electron chi connectivity index (χ4n) is 3.64. The molecule has 20 heavy (non-hydrogen) atoms. The highest BCUT2D eigenvalue weighted by molar-refractivity contribution is 7.99. The Labute approximate surface area is 127 Å². The number of benzene rings is 1. The Hall–Kier alpha value is -0.670. The molecular formula is C17H26N2S. The molecule has 2 fully saturated rings. The topological polar surface area (TPSA) is 15.3 Å². The molecule has 2 nitrogen and oxygen atoms in total. The van der Waals surface area contributed by atoms with E-state index in [-0.39, 0.29) is 0 Å². The lowest BCUT2D eigenvalue weighted by molar-refractivity contribution is 0.370. The number of nitrogens with one attached hydrogen (secondary N) is 1. The number of rotatable bonds is 4. The molecule has 1 aromatic carbocycles. The van der Waals surface area contributed by atoms with E-state index < -0.39 is 0 Å². The van der Waals surface area contributed by atoms with E-state index in [1.54, 1.807) is 0 Å². The van der Waals surface area contributed by atoms with E-state index >= 15 is 0 Å². The minimum absolute atomic E-state index is 0.729. The van der Waals surface area contributed by atoms with Crippen LogP contribution in [0.1, 0.15) is 32.1 Å². The van der Waals surface area contributed by atoms with Crippen LogP contribution in [0.15, 0.2) is 30.3 Å². The molecule has 1 N–H and O–H groups in total. The molecule has 110 valence electrons. The van der Waals surface area contributed by atoms with Crippen molar-refractivity contribution in [2.75, 3.05) is 24.2 Å². The highest BCUT2D eigenvalue weighted by atomic mass is 32.2. The SMILES string of the molecule is CSC1CCCC1NC1CCN(c2ccccc2)CC1. The smallest absolute Gasteiger partial charge is 0.0366 e. The van der Waals surface area contributed by atoms with Crippen molar-refractivity contribution in [2.45, 2.75) is 49.4 Å². The maximum atomic E-state index is 3.94. The Morgan fingerprint density at radius 1 is 1.05 bits per heavy atom. The summed E-state index contributed by atoms with van der Waals surface area (Å²) >= 11 is 2.05. The lowest BCUT2D eigenvalue weighted by Gasteiger charge is -2.36. The Morgan fingerprint density at radius 3 is 2.50 bits per heavy atom. The van der Waals surface area contributed by atoms with Crippen molar-refractivity contribution in [2.24, 2.45) is 0 Å². The molecule has 1 aliphatic heterocycles. The molecule has 2 unspecified atom stereocenters. The average molecular weight is 290 g/mol. The number of hydrogen-bond donors (Lipinski definition) is 1. The summed E-state index contributed by atoms with van der Waals surface area (Å²) in [6.45, 7) is 2.39. The first-order chi connectivity index (χ1) is 9.86. The fraction of sp³-hybridized carbons (Fsp3) is 0.647. The van der Waals surface area contributed by atoms with Crippen molar-refractivity contribution in [3.8, 4) is 0 Å². The van der Waals surface area contributed by atoms with Crippen molar-refractivity contribution in [3.05, 3.63) is 30.3 Å². The molecule has 2 aliphatic rings. The number of para-hydroxylation sites is 1. The van der Waals surface area contributed by atoms with Gasteiger partial charge in [-0.25, -0.2) is 0 Å². The van der Waals surface area contributed by atoms with Gasteiger partial charge >= 0.3 is 0 Å². The summed E-state index contributed by atoms with van der Waals surface area (Å²) in [5.41, 5.74) is 1.38. The first kappa shape index (κ1) is 14.3. The van der Waals surface area contributed by atoms with Crippen molar-refractivity contribution < 1.29 is 0 Å². The highest BCUT2D eigenvalue weighted by Crippen LogP contribution is 2.29. The second kappa shape index (κ2) is 6.86. The summed E-state index contributed by atoms with van der Waals surface area (Å²) < 4.78 is 0. The van der Waals surface area contributed by atoms with Crippen LogP contribution in [0.4, 0.5) is 5.69 Å². The van der Waals surface area contributed by atoms with Gasteiger partial charge in [0.25, 0.3) is 0 Å². The molecule has 3 heteroatoms. The summed E-state index contributed by atoms with van der Waals surface area (Å²) in [7, 11) is 0. The Kier molecular flexibility index (Phi) is 4.90. The van der Waals surface area contributed by atoms with Crippen molar-refractivity contribution in [1.29, 1.82) is 0 Å². The maximum absolute atomic E-state index is 3.94. The Morgan fingerprint density at radius 2 is 1.80 bits per heavy atom. The van der Waals surface area contributed by atoms with Crippen LogP contribution in [0, 0.1) is 0 Å². The van der Waals surface area contributed by atoms with Gasteiger partial charge in [0.1, 0.15) is 0 Å². The molecule has 1 heterocycles. The predicted octanol–water partition coefficient (Wildman–Crippen LogP) is 3.53. The molecule has 0 bridgehead atoms. The predicted molar refractivity (Wildman–Crippen MR) is 89.8 cm³/mol. The van der Waals surface area contributed by atoms with Crippen LogP contribution in [-0.2, 0) is 0 Å². The number of thioether (sulfide) groups is 1. The molecular weight excluding hydrogens is 264 g/mol. The van der Waals surface area contributed by atoms with Gasteiger partial charge in [-0.3, -0.25) is 0 Å². The minimum Gasteiger partial charge on any atom is -0.371 e. The number of anilines is 1. The third kappa shape index (κ3) is 3.32. The second-order valence-electron chi connectivity index (χ2n) is 6.08. The van der Waals surface area contributed by atoms with E-state index in [2.05, 4.69) is 58.6 Å². The van der Waals surface area contributed by atoms with E-state index in [0.717, 1.165) is 17.3 Å². The summed E-state index contributed by atoms with van der Waals surface area (Å²) in [5.74, 6) is 0. The Balaban J connectivity index is 1.49. The number of hydrogen-bond acceptors (Lipinski definition) is 3. The molecule has 1 saturated heterocycles. The second-order valence-corrected chi connectivity index (χ2v) is 7.15. The van der Waals surface area contributed by atoms with Crippen molar-refractivity contribution in [3.63, 3.8) is 0 Å². The standard InChI is InChI=1S/C17H26N2S/c1-20-17-9-5-8-16(17)18-14-10-12-19(13-11-14)15-6-3-2-4-7-15/h2-4,6-7,14,16-18H,5,8-13H2,1H3. The number of nitrogens with zero attached hydrogens (tertiary/aromatic N) is 1. The van der Waals surface area contributed by atoms with Crippen LogP contribution in [0.25, 0.3) is 0 Å². The molecule has 0 radical (unpaired) electrons. The van der Waals surface area contributed by atoms with Crippen LogP contribution in [-0.4, -0.2) is 36.7 Å². The van der Waals surface area contributed by atoms with Gasteiger partial charge in [0.2, 0.25) is 0 Å². The van der Waals surface area contributed by atoms with Gasteiger partial charge in [-0.05, 0) is 44.1 Å². The quantitative estimate of drug-likeness (QED) is 0.913. The minimum atomic E-state index is 0.729. The zero-order chi connectivity index (χ0) is 13.8. The van der Waals surface area contributed by atoms with Gasteiger partial charge in [0.15, 0.2) is 0 Å². The van der Waals surface area contributed by atoms with Crippen molar-refractivity contribution in [1.82, 2.24) is 5.32 Å². The van der Waals surface area contributed by atoms with Gasteiger partial charge in [-0.1, -0.05) is 24.6 Å². The van der Waals surface area contributed by atoms with Crippen LogP contribution < -0.4 is 10.2 Å². The monoisotopic (exact) mass is 290 g/mol. The van der Waals surface area contributed by atoms with Gasteiger partial charge in [-0.2, -0.15) is 11.8 Å². The number of piperidine rings is 1. The van der Waals surface area contributed by atoms with E-state index in [9.17, 15) is 0 Å². The zero-order valence-electron chi connectivity index (χ0n) is 12.4. The molecule has 1 saturated carbocycles. The van der Waals surface area contributed by atoms with Gasteiger partial charge in [0.05, 0.1) is 0 Å². The van der Waals surface area contributed by atoms with E-state index in [0.29, 0.717) is 0 Å². The lowest BCUT2D eigenvalue weighted by Crippen LogP contribution is -2.47. The summed E-state index contributed by atoms with van der Waals surface area (Å²) in [4.78, 5) is 2.53. The third-order valence-electron chi connectivity index (χ3n) is 4.82. The summed E-state index contributed by atoms with van der Waals surface area (Å²) in [6.07, 6.45) is 9.03. The van der Waals surface area contributed by atoms with E-state index in [1.165, 1.54) is 50.9 Å². The molecule has 2 atom stereocenters. The van der Waals surface area contributed by atoms with Crippen molar-refractivity contribution >= 4 is 17.4 Å². The fourth-order valence-corrected chi connectivity index (χ4v) is 4.59. The first-order valence-corrected chi connectivity index (χ1v) is 9.24. The molecule has 1 aliphatic carbocycles. The van der Waals surface area contributed by atoms with Crippen LogP contribution in [0.3, 0.4) is 0 Å². The zero-order valence-corrected chi connectivity index (χ0v) is 13.2. The molecule has 0 spiro atoms. The third-order valence-corrected chi connectivity index (χ3v) is 5.99.